The van der Waals surface area contributed by atoms with Gasteiger partial charge in [-0.05, 0) is 38.6 Å². The van der Waals surface area contributed by atoms with Crippen LogP contribution in [0.25, 0.3) is 0 Å². The molecule has 1 aromatic rings. The second-order valence-corrected chi connectivity index (χ2v) is 5.35. The molecule has 5 nitrogen and oxygen atoms in total. The molecule has 19 heavy (non-hydrogen) atoms. The number of nitrogens with two attached hydrogens (primary N) is 1. The summed E-state index contributed by atoms with van der Waals surface area (Å²) in [6, 6.07) is 0. The van der Waals surface area contributed by atoms with Crippen LogP contribution in [0.5, 0.6) is 0 Å². The van der Waals surface area contributed by atoms with E-state index >= 15 is 0 Å². The molecule has 0 bridgehead atoms. The molecule has 0 unspecified atom stereocenters. The summed E-state index contributed by atoms with van der Waals surface area (Å²) in [6.07, 6.45) is 4.99. The molecule has 1 fully saturated rings. The van der Waals surface area contributed by atoms with E-state index in [4.69, 9.17) is 17.3 Å². The average Bonchev–Trinajstić information content (AvgIpc) is 2.43. The quantitative estimate of drug-likeness (QED) is 0.910. The predicted octanol–water partition coefficient (Wildman–Crippen LogP) is 1.48. The van der Waals surface area contributed by atoms with Gasteiger partial charge in [0.15, 0.2) is 0 Å². The van der Waals surface area contributed by atoms with Gasteiger partial charge in [0.25, 0.3) is 5.56 Å². The van der Waals surface area contributed by atoms with Crippen molar-refractivity contribution in [3.8, 4) is 0 Å². The highest BCUT2D eigenvalue weighted by Gasteiger charge is 2.22. The van der Waals surface area contributed by atoms with Gasteiger partial charge in [-0.3, -0.25) is 4.79 Å². The van der Waals surface area contributed by atoms with E-state index in [1.807, 2.05) is 6.92 Å². The molecule has 0 spiro atoms. The number of hydrogen-bond acceptors (Lipinski definition) is 4. The number of nitrogens with zero attached hydrogens (tertiary/aromatic N) is 3. The highest BCUT2D eigenvalue weighted by molar-refractivity contribution is 6.33. The number of halogens is 1. The first-order valence-corrected chi connectivity index (χ1v) is 7.25. The van der Waals surface area contributed by atoms with Crippen LogP contribution < -0.4 is 16.2 Å². The van der Waals surface area contributed by atoms with Gasteiger partial charge in [-0.15, -0.1) is 0 Å². The van der Waals surface area contributed by atoms with Crippen LogP contribution in [0.2, 0.25) is 5.02 Å². The summed E-state index contributed by atoms with van der Waals surface area (Å²) in [7, 11) is 0. The minimum atomic E-state index is -0.203. The topological polar surface area (TPSA) is 64.2 Å². The summed E-state index contributed by atoms with van der Waals surface area (Å²) < 4.78 is 1.38. The lowest BCUT2D eigenvalue weighted by atomic mass is 9.93. The summed E-state index contributed by atoms with van der Waals surface area (Å²) in [5.41, 5.74) is 6.16. The standard InChI is InChI=1S/C13H21ClN4O/c1-2-18-13(19)12(14)11(9-16-18)17-7-4-10(3-6-15)5-8-17/h9-10H,2-8,15H2,1H3. The molecule has 2 N–H and O–H groups in total. The monoisotopic (exact) mass is 284 g/mol. The Labute approximate surface area is 118 Å². The van der Waals surface area contributed by atoms with E-state index in [0.717, 1.165) is 44.6 Å². The lowest BCUT2D eigenvalue weighted by molar-refractivity contribution is 0.386. The molecule has 6 heteroatoms. The van der Waals surface area contributed by atoms with Gasteiger partial charge in [-0.2, -0.15) is 5.10 Å². The maximum absolute atomic E-state index is 12.0. The lowest BCUT2D eigenvalue weighted by Gasteiger charge is -2.33. The molecule has 1 saturated heterocycles. The fourth-order valence-electron chi connectivity index (χ4n) is 2.60. The number of piperidine rings is 1. The summed E-state index contributed by atoms with van der Waals surface area (Å²) >= 11 is 6.17. The van der Waals surface area contributed by atoms with Crippen LogP contribution in [-0.2, 0) is 6.54 Å². The van der Waals surface area contributed by atoms with Gasteiger partial charge in [0.05, 0.1) is 11.9 Å². The van der Waals surface area contributed by atoms with Crippen LogP contribution in [0, 0.1) is 5.92 Å². The molecule has 1 aliphatic rings. The van der Waals surface area contributed by atoms with Crippen molar-refractivity contribution in [2.75, 3.05) is 24.5 Å². The minimum Gasteiger partial charge on any atom is -0.369 e. The van der Waals surface area contributed by atoms with Gasteiger partial charge in [-0.25, -0.2) is 4.68 Å². The van der Waals surface area contributed by atoms with E-state index in [0.29, 0.717) is 12.5 Å². The zero-order chi connectivity index (χ0) is 13.8. The van der Waals surface area contributed by atoms with Crippen molar-refractivity contribution in [2.24, 2.45) is 11.7 Å². The Kier molecular flexibility index (Phi) is 4.82. The van der Waals surface area contributed by atoms with Gasteiger partial charge in [0.1, 0.15) is 5.02 Å². The van der Waals surface area contributed by atoms with Crippen LogP contribution in [-0.4, -0.2) is 29.4 Å². The Balaban J connectivity index is 2.12. The zero-order valence-corrected chi connectivity index (χ0v) is 12.1. The number of rotatable bonds is 4. The third kappa shape index (κ3) is 3.09. The Bertz CT molecular complexity index is 480. The number of aryl methyl sites for hydroxylation is 1. The number of anilines is 1. The first-order valence-electron chi connectivity index (χ1n) is 6.88. The maximum Gasteiger partial charge on any atom is 0.287 e. The van der Waals surface area contributed by atoms with Gasteiger partial charge < -0.3 is 10.6 Å². The summed E-state index contributed by atoms with van der Waals surface area (Å²) in [4.78, 5) is 14.1. The second-order valence-electron chi connectivity index (χ2n) is 4.97. The van der Waals surface area contributed by atoms with Gasteiger partial charge >= 0.3 is 0 Å². The van der Waals surface area contributed by atoms with E-state index in [-0.39, 0.29) is 10.6 Å². The Morgan fingerprint density at radius 2 is 2.16 bits per heavy atom. The van der Waals surface area contributed by atoms with Gasteiger partial charge in [0, 0.05) is 19.6 Å². The Morgan fingerprint density at radius 3 is 2.74 bits per heavy atom. The molecule has 2 heterocycles. The molecule has 1 aromatic heterocycles. The first kappa shape index (κ1) is 14.3. The fourth-order valence-corrected chi connectivity index (χ4v) is 2.87. The summed E-state index contributed by atoms with van der Waals surface area (Å²) in [5.74, 6) is 0.698. The van der Waals surface area contributed by atoms with Crippen molar-refractivity contribution in [3.05, 3.63) is 21.6 Å². The second kappa shape index (κ2) is 6.39. The summed E-state index contributed by atoms with van der Waals surface area (Å²) in [6.45, 7) is 5.00. The third-order valence-electron chi connectivity index (χ3n) is 3.80. The van der Waals surface area contributed by atoms with Gasteiger partial charge in [0.2, 0.25) is 0 Å². The highest BCUT2D eigenvalue weighted by atomic mass is 35.5. The van der Waals surface area contributed by atoms with Crippen molar-refractivity contribution >= 4 is 17.3 Å². The summed E-state index contributed by atoms with van der Waals surface area (Å²) in [5, 5.41) is 4.43. The average molecular weight is 285 g/mol. The Morgan fingerprint density at radius 1 is 1.47 bits per heavy atom. The highest BCUT2D eigenvalue weighted by Crippen LogP contribution is 2.27. The molecule has 0 aliphatic carbocycles. The molecule has 0 saturated carbocycles. The van der Waals surface area contributed by atoms with Crippen molar-refractivity contribution < 1.29 is 0 Å². The molecule has 0 atom stereocenters. The van der Waals surface area contributed by atoms with Crippen LogP contribution in [0.15, 0.2) is 11.0 Å². The van der Waals surface area contributed by atoms with Crippen molar-refractivity contribution in [2.45, 2.75) is 32.7 Å². The molecule has 1 aliphatic heterocycles. The predicted molar refractivity (Wildman–Crippen MR) is 77.8 cm³/mol. The van der Waals surface area contributed by atoms with E-state index in [1.54, 1.807) is 6.20 Å². The van der Waals surface area contributed by atoms with Crippen LogP contribution >= 0.6 is 11.6 Å². The zero-order valence-electron chi connectivity index (χ0n) is 11.3. The number of hydrogen-bond donors (Lipinski definition) is 1. The SMILES string of the molecule is CCn1ncc(N2CCC(CCN)CC2)c(Cl)c1=O. The van der Waals surface area contributed by atoms with E-state index in [1.165, 1.54) is 4.68 Å². The molecular formula is C13H21ClN4O. The first-order chi connectivity index (χ1) is 9.17. The van der Waals surface area contributed by atoms with Crippen molar-refractivity contribution in [1.29, 1.82) is 0 Å². The normalized spacial score (nSPS) is 16.9. The van der Waals surface area contributed by atoms with E-state index in [2.05, 4.69) is 10.00 Å². The molecule has 0 amide bonds. The van der Waals surface area contributed by atoms with E-state index in [9.17, 15) is 4.79 Å². The Hall–Kier alpha value is -1.07. The van der Waals surface area contributed by atoms with Crippen LogP contribution in [0.1, 0.15) is 26.2 Å². The molecule has 2 rings (SSSR count). The maximum atomic E-state index is 12.0. The molecule has 0 aromatic carbocycles. The minimum absolute atomic E-state index is 0.203. The van der Waals surface area contributed by atoms with Crippen LogP contribution in [0.3, 0.4) is 0 Å². The smallest absolute Gasteiger partial charge is 0.287 e. The van der Waals surface area contributed by atoms with Gasteiger partial charge in [-0.1, -0.05) is 11.6 Å². The van der Waals surface area contributed by atoms with Crippen molar-refractivity contribution in [3.63, 3.8) is 0 Å². The lowest BCUT2D eigenvalue weighted by Crippen LogP contribution is -2.36. The van der Waals surface area contributed by atoms with Crippen LogP contribution in [0.4, 0.5) is 5.69 Å². The van der Waals surface area contributed by atoms with E-state index < -0.39 is 0 Å². The largest absolute Gasteiger partial charge is 0.369 e. The number of aromatic nitrogens is 2. The fraction of sp³-hybridized carbons (Fsp3) is 0.692. The third-order valence-corrected chi connectivity index (χ3v) is 4.15. The molecular weight excluding hydrogens is 264 g/mol. The van der Waals surface area contributed by atoms with Crippen molar-refractivity contribution in [1.82, 2.24) is 9.78 Å². The molecule has 106 valence electrons. The molecule has 0 radical (unpaired) electrons.